The molecule has 0 bridgehead atoms. The number of benzene rings is 1. The molecule has 1 aromatic rings. The molecule has 17 heavy (non-hydrogen) atoms. The van der Waals surface area contributed by atoms with Gasteiger partial charge in [0.05, 0.1) is 11.1 Å². The third-order valence-electron chi connectivity index (χ3n) is 1.95. The Bertz CT molecular complexity index is 494. The zero-order valence-corrected chi connectivity index (χ0v) is 10.3. The molecule has 0 saturated carbocycles. The number of aliphatic hydroxyl groups is 1. The molecule has 0 fully saturated rings. The van der Waals surface area contributed by atoms with Crippen molar-refractivity contribution in [2.75, 3.05) is 0 Å². The lowest BCUT2D eigenvalue weighted by Gasteiger charge is -2.12. The van der Waals surface area contributed by atoms with E-state index in [0.717, 1.165) is 6.07 Å². The summed E-state index contributed by atoms with van der Waals surface area (Å²) < 4.78 is 37.4. The van der Waals surface area contributed by atoms with E-state index >= 15 is 0 Å². The van der Waals surface area contributed by atoms with Gasteiger partial charge in [-0.15, -0.1) is 0 Å². The summed E-state index contributed by atoms with van der Waals surface area (Å²) in [5.41, 5.74) is -1.92. The van der Waals surface area contributed by atoms with Gasteiger partial charge in [0.2, 0.25) is 0 Å². The van der Waals surface area contributed by atoms with E-state index in [0.29, 0.717) is 6.07 Å². The van der Waals surface area contributed by atoms with Gasteiger partial charge in [0, 0.05) is 9.13 Å². The first kappa shape index (κ1) is 13.8. The summed E-state index contributed by atoms with van der Waals surface area (Å²) in [6.07, 6.45) is -4.64. The highest BCUT2D eigenvalue weighted by Gasteiger charge is 2.34. The fourth-order valence-corrected chi connectivity index (χ4v) is 1.98. The number of carbonyl (C=O) groups is 1. The number of carboxylic acid groups (broad SMARTS) is 1. The maximum absolute atomic E-state index is 12.5. The van der Waals surface area contributed by atoms with Crippen LogP contribution in [0.5, 0.6) is 0 Å². The third-order valence-corrected chi connectivity index (χ3v) is 2.85. The van der Waals surface area contributed by atoms with Gasteiger partial charge in [-0.05, 0) is 34.7 Å². The molecule has 0 atom stereocenters. The molecule has 0 heterocycles. The Balaban J connectivity index is 3.57. The van der Waals surface area contributed by atoms with Crippen molar-refractivity contribution >= 4 is 34.3 Å². The van der Waals surface area contributed by atoms with Gasteiger partial charge in [-0.25, -0.2) is 4.79 Å². The first-order chi connectivity index (χ1) is 7.64. The number of rotatable bonds is 2. The van der Waals surface area contributed by atoms with Crippen LogP contribution in [0.2, 0.25) is 0 Å². The van der Waals surface area contributed by atoms with Crippen molar-refractivity contribution in [2.24, 2.45) is 0 Å². The van der Waals surface area contributed by atoms with E-state index in [1.807, 2.05) is 0 Å². The number of halogens is 4. The van der Waals surface area contributed by atoms with Gasteiger partial charge >= 0.3 is 12.1 Å². The molecular weight excluding hydrogens is 352 g/mol. The topological polar surface area (TPSA) is 57.5 Å². The van der Waals surface area contributed by atoms with Crippen LogP contribution in [-0.4, -0.2) is 16.2 Å². The molecule has 0 aliphatic carbocycles. The van der Waals surface area contributed by atoms with Gasteiger partial charge in [0.25, 0.3) is 0 Å². The summed E-state index contributed by atoms with van der Waals surface area (Å²) in [6.45, 7) is 3.11. The average Bonchev–Trinajstić information content (AvgIpc) is 2.14. The Morgan fingerprint density at radius 1 is 1.24 bits per heavy atom. The monoisotopic (exact) mass is 358 g/mol. The van der Waals surface area contributed by atoms with Crippen LogP contribution in [0.1, 0.15) is 21.5 Å². The van der Waals surface area contributed by atoms with Crippen LogP contribution < -0.4 is 0 Å². The van der Waals surface area contributed by atoms with Crippen molar-refractivity contribution in [3.8, 4) is 0 Å². The van der Waals surface area contributed by atoms with E-state index in [2.05, 4.69) is 6.58 Å². The van der Waals surface area contributed by atoms with Crippen molar-refractivity contribution < 1.29 is 28.2 Å². The van der Waals surface area contributed by atoms with Crippen LogP contribution in [0.3, 0.4) is 0 Å². The van der Waals surface area contributed by atoms with Crippen molar-refractivity contribution in [1.29, 1.82) is 0 Å². The average molecular weight is 358 g/mol. The Morgan fingerprint density at radius 2 is 1.76 bits per heavy atom. The second kappa shape index (κ2) is 4.55. The van der Waals surface area contributed by atoms with E-state index < -0.39 is 29.0 Å². The summed E-state index contributed by atoms with van der Waals surface area (Å²) in [4.78, 5) is 10.8. The minimum atomic E-state index is -4.64. The second-order valence-electron chi connectivity index (χ2n) is 3.13. The molecule has 0 aliphatic rings. The number of hydrogen-bond acceptors (Lipinski definition) is 2. The molecule has 0 saturated heterocycles. The number of aromatic carboxylic acids is 1. The molecule has 2 N–H and O–H groups in total. The Morgan fingerprint density at radius 3 is 2.12 bits per heavy atom. The standard InChI is InChI=1S/C10H6F3IO3/c1-4(15)5-3-8(14)7(10(11,12)13)2-6(5)9(16)17/h2-3,15H,1H2,(H,16,17). The number of aliphatic hydroxyl groups excluding tert-OH is 1. The summed E-state index contributed by atoms with van der Waals surface area (Å²) in [5, 5.41) is 17.9. The molecule has 0 unspecified atom stereocenters. The highest BCUT2D eigenvalue weighted by atomic mass is 127. The Hall–Kier alpha value is -1.25. The third kappa shape index (κ3) is 2.90. The van der Waals surface area contributed by atoms with E-state index in [4.69, 9.17) is 10.2 Å². The molecule has 0 aliphatic heterocycles. The van der Waals surface area contributed by atoms with Gasteiger partial charge in [-0.3, -0.25) is 0 Å². The van der Waals surface area contributed by atoms with Crippen LogP contribution in [-0.2, 0) is 6.18 Å². The van der Waals surface area contributed by atoms with Gasteiger partial charge in [-0.1, -0.05) is 6.58 Å². The lowest BCUT2D eigenvalue weighted by Crippen LogP contribution is -2.12. The molecular formula is C10H6F3IO3. The van der Waals surface area contributed by atoms with E-state index in [1.54, 1.807) is 0 Å². The molecule has 0 aromatic heterocycles. The molecule has 0 radical (unpaired) electrons. The molecule has 0 amide bonds. The zero-order valence-electron chi connectivity index (χ0n) is 8.18. The van der Waals surface area contributed by atoms with Crippen LogP contribution >= 0.6 is 22.6 Å². The van der Waals surface area contributed by atoms with Crippen LogP contribution in [0, 0.1) is 3.57 Å². The quantitative estimate of drug-likeness (QED) is 0.628. The Labute approximate surface area is 108 Å². The van der Waals surface area contributed by atoms with Crippen molar-refractivity contribution in [3.05, 3.63) is 39.0 Å². The van der Waals surface area contributed by atoms with Crippen molar-refractivity contribution in [3.63, 3.8) is 0 Å². The molecule has 92 valence electrons. The van der Waals surface area contributed by atoms with Crippen LogP contribution in [0.15, 0.2) is 18.7 Å². The molecule has 3 nitrogen and oxygen atoms in total. The van der Waals surface area contributed by atoms with E-state index in [1.165, 1.54) is 22.6 Å². The normalized spacial score (nSPS) is 11.3. The highest BCUT2D eigenvalue weighted by Crippen LogP contribution is 2.35. The van der Waals surface area contributed by atoms with Gasteiger partial charge < -0.3 is 10.2 Å². The summed E-state index contributed by atoms with van der Waals surface area (Å²) >= 11 is 1.42. The van der Waals surface area contributed by atoms with Crippen LogP contribution in [0.4, 0.5) is 13.2 Å². The lowest BCUT2D eigenvalue weighted by atomic mass is 10.0. The summed E-state index contributed by atoms with van der Waals surface area (Å²) in [6, 6.07) is 1.43. The molecule has 1 rings (SSSR count). The number of carboxylic acids is 1. The van der Waals surface area contributed by atoms with Crippen LogP contribution in [0.25, 0.3) is 5.76 Å². The van der Waals surface area contributed by atoms with E-state index in [-0.39, 0.29) is 9.13 Å². The predicted molar refractivity (Wildman–Crippen MR) is 62.8 cm³/mol. The number of alkyl halides is 3. The second-order valence-corrected chi connectivity index (χ2v) is 4.29. The molecule has 0 spiro atoms. The van der Waals surface area contributed by atoms with Crippen molar-refractivity contribution in [2.45, 2.75) is 6.18 Å². The lowest BCUT2D eigenvalue weighted by molar-refractivity contribution is -0.138. The van der Waals surface area contributed by atoms with Gasteiger partial charge in [0.1, 0.15) is 5.76 Å². The fraction of sp³-hybridized carbons (Fsp3) is 0.100. The first-order valence-electron chi connectivity index (χ1n) is 4.17. The highest BCUT2D eigenvalue weighted by molar-refractivity contribution is 14.1. The molecule has 1 aromatic carbocycles. The van der Waals surface area contributed by atoms with Gasteiger partial charge in [-0.2, -0.15) is 13.2 Å². The number of hydrogen-bond donors (Lipinski definition) is 2. The SMILES string of the molecule is C=C(O)c1cc(I)c(C(F)(F)F)cc1C(=O)O. The van der Waals surface area contributed by atoms with Crippen molar-refractivity contribution in [1.82, 2.24) is 0 Å². The summed E-state index contributed by atoms with van der Waals surface area (Å²) in [5.74, 6) is -2.15. The predicted octanol–water partition coefficient (Wildman–Crippen LogP) is 3.54. The first-order valence-corrected chi connectivity index (χ1v) is 5.24. The Kier molecular flexibility index (Phi) is 3.70. The maximum atomic E-state index is 12.5. The fourth-order valence-electron chi connectivity index (χ4n) is 1.21. The summed E-state index contributed by atoms with van der Waals surface area (Å²) in [7, 11) is 0. The minimum absolute atomic E-state index is 0.203. The van der Waals surface area contributed by atoms with Gasteiger partial charge in [0.15, 0.2) is 0 Å². The maximum Gasteiger partial charge on any atom is 0.417 e. The molecule has 7 heteroatoms. The smallest absolute Gasteiger partial charge is 0.417 e. The minimum Gasteiger partial charge on any atom is -0.508 e. The zero-order chi connectivity index (χ0) is 13.4. The largest absolute Gasteiger partial charge is 0.508 e. The van der Waals surface area contributed by atoms with E-state index in [9.17, 15) is 18.0 Å².